The zero-order valence-corrected chi connectivity index (χ0v) is 13.4. The van der Waals surface area contributed by atoms with Crippen molar-refractivity contribution in [3.05, 3.63) is 66.5 Å². The highest BCUT2D eigenvalue weighted by Gasteiger charge is 2.14. The number of carbonyl (C=O) groups is 1. The first kappa shape index (κ1) is 17.0. The van der Waals surface area contributed by atoms with Crippen LogP contribution in [0.25, 0.3) is 0 Å². The van der Waals surface area contributed by atoms with Crippen molar-refractivity contribution in [3.8, 4) is 0 Å². The smallest absolute Gasteiger partial charge is 0.286 e. The Bertz CT molecular complexity index is 848. The Balaban J connectivity index is 2.21. The molecule has 0 atom stereocenters. The molecule has 0 aliphatic rings. The highest BCUT2D eigenvalue weighted by atomic mass is 35.5. The normalized spacial score (nSPS) is 10.4. The van der Waals surface area contributed by atoms with Gasteiger partial charge in [-0.2, -0.15) is 0 Å². The van der Waals surface area contributed by atoms with Crippen LogP contribution in [0.15, 0.2) is 35.3 Å². The number of benzene rings is 1. The van der Waals surface area contributed by atoms with Gasteiger partial charge in [0.25, 0.3) is 11.2 Å². The fourth-order valence-electron chi connectivity index (χ4n) is 1.91. The van der Waals surface area contributed by atoms with E-state index in [2.05, 4.69) is 5.32 Å². The first-order chi connectivity index (χ1) is 10.8. The number of aromatic nitrogens is 1. The first-order valence-corrected chi connectivity index (χ1v) is 7.14. The molecule has 0 fully saturated rings. The minimum atomic E-state index is -0.625. The second-order valence-electron chi connectivity index (χ2n) is 4.75. The molecule has 2 rings (SSSR count). The number of anilines is 1. The lowest BCUT2D eigenvalue weighted by atomic mass is 10.3. The van der Waals surface area contributed by atoms with Crippen molar-refractivity contribution in [2.75, 3.05) is 5.32 Å². The van der Waals surface area contributed by atoms with Gasteiger partial charge in [0, 0.05) is 17.3 Å². The highest BCUT2D eigenvalue weighted by Crippen LogP contribution is 2.24. The molecule has 0 aliphatic heterocycles. The molecule has 7 nitrogen and oxygen atoms in total. The Morgan fingerprint density at radius 3 is 2.61 bits per heavy atom. The molecule has 23 heavy (non-hydrogen) atoms. The highest BCUT2D eigenvalue weighted by molar-refractivity contribution is 6.42. The third-order valence-corrected chi connectivity index (χ3v) is 3.72. The van der Waals surface area contributed by atoms with E-state index in [1.807, 2.05) is 0 Å². The molecule has 0 spiro atoms. The number of rotatable bonds is 4. The summed E-state index contributed by atoms with van der Waals surface area (Å²) >= 11 is 11.6. The number of nitrogens with one attached hydrogen (secondary N) is 1. The maximum absolute atomic E-state index is 12.0. The van der Waals surface area contributed by atoms with Crippen molar-refractivity contribution in [1.82, 2.24) is 4.57 Å². The Morgan fingerprint density at radius 1 is 1.30 bits per heavy atom. The van der Waals surface area contributed by atoms with Crippen molar-refractivity contribution in [2.24, 2.45) is 0 Å². The third-order valence-electron chi connectivity index (χ3n) is 2.98. The molecule has 2 aromatic rings. The van der Waals surface area contributed by atoms with E-state index in [1.165, 1.54) is 19.1 Å². The Hall–Kier alpha value is -2.38. The number of nitro groups is 1. The summed E-state index contributed by atoms with van der Waals surface area (Å²) in [6.07, 6.45) is 1.03. The van der Waals surface area contributed by atoms with E-state index in [9.17, 15) is 19.7 Å². The van der Waals surface area contributed by atoms with Crippen LogP contribution in [0.2, 0.25) is 10.0 Å². The van der Waals surface area contributed by atoms with Gasteiger partial charge in [-0.25, -0.2) is 0 Å². The number of pyridine rings is 1. The average Bonchev–Trinajstić information content (AvgIpc) is 2.47. The number of hydrogen-bond donors (Lipinski definition) is 1. The van der Waals surface area contributed by atoms with Crippen LogP contribution in [-0.4, -0.2) is 15.4 Å². The summed E-state index contributed by atoms with van der Waals surface area (Å²) in [6, 6.07) is 5.69. The van der Waals surface area contributed by atoms with Crippen LogP contribution in [0.3, 0.4) is 0 Å². The van der Waals surface area contributed by atoms with Gasteiger partial charge in [-0.05, 0) is 25.1 Å². The quantitative estimate of drug-likeness (QED) is 0.673. The number of aryl methyl sites for hydroxylation is 1. The summed E-state index contributed by atoms with van der Waals surface area (Å²) < 4.78 is 0.986. The lowest BCUT2D eigenvalue weighted by molar-refractivity contribution is -0.385. The maximum Gasteiger partial charge on any atom is 0.286 e. The van der Waals surface area contributed by atoms with Crippen molar-refractivity contribution in [2.45, 2.75) is 13.5 Å². The molecule has 1 aromatic heterocycles. The van der Waals surface area contributed by atoms with E-state index in [1.54, 1.807) is 6.07 Å². The molecule has 0 saturated carbocycles. The fourth-order valence-corrected chi connectivity index (χ4v) is 2.21. The molecular formula is C14H11Cl2N3O4. The Kier molecular flexibility index (Phi) is 5.02. The molecule has 0 saturated heterocycles. The van der Waals surface area contributed by atoms with Crippen LogP contribution in [0.5, 0.6) is 0 Å². The van der Waals surface area contributed by atoms with Crippen LogP contribution in [-0.2, 0) is 11.3 Å². The van der Waals surface area contributed by atoms with Gasteiger partial charge in [-0.1, -0.05) is 23.2 Å². The number of halogens is 2. The molecule has 0 aliphatic carbocycles. The van der Waals surface area contributed by atoms with Crippen LogP contribution >= 0.6 is 23.2 Å². The molecule has 1 amide bonds. The van der Waals surface area contributed by atoms with Gasteiger partial charge in [-0.3, -0.25) is 24.3 Å². The average molecular weight is 356 g/mol. The van der Waals surface area contributed by atoms with Gasteiger partial charge in [-0.15, -0.1) is 0 Å². The predicted octanol–water partition coefficient (Wildman–Crippen LogP) is 3.01. The Morgan fingerprint density at radius 2 is 2.00 bits per heavy atom. The second-order valence-corrected chi connectivity index (χ2v) is 5.56. The minimum Gasteiger partial charge on any atom is -0.324 e. The molecule has 0 radical (unpaired) electrons. The monoisotopic (exact) mass is 355 g/mol. The van der Waals surface area contributed by atoms with Crippen LogP contribution in [0.4, 0.5) is 11.4 Å². The van der Waals surface area contributed by atoms with Gasteiger partial charge >= 0.3 is 0 Å². The molecule has 9 heteroatoms. The fraction of sp³-hybridized carbons (Fsp3) is 0.143. The summed E-state index contributed by atoms with van der Waals surface area (Å²) in [5, 5.41) is 14.0. The van der Waals surface area contributed by atoms with Gasteiger partial charge in [0.1, 0.15) is 6.54 Å². The Labute approximate surface area is 140 Å². The van der Waals surface area contributed by atoms with Gasteiger partial charge < -0.3 is 5.32 Å². The zero-order valence-electron chi connectivity index (χ0n) is 11.9. The summed E-state index contributed by atoms with van der Waals surface area (Å²) in [6.45, 7) is 1.09. The zero-order chi connectivity index (χ0) is 17.1. The number of nitrogens with zero attached hydrogens (tertiary/aromatic N) is 2. The number of carbonyl (C=O) groups excluding carboxylic acids is 1. The molecule has 0 bridgehead atoms. The first-order valence-electron chi connectivity index (χ1n) is 6.38. The van der Waals surface area contributed by atoms with Crippen molar-refractivity contribution in [1.29, 1.82) is 0 Å². The predicted molar refractivity (Wildman–Crippen MR) is 87.2 cm³/mol. The minimum absolute atomic E-state index is 0.182. The second kappa shape index (κ2) is 6.80. The van der Waals surface area contributed by atoms with E-state index in [0.717, 1.165) is 16.8 Å². The van der Waals surface area contributed by atoms with E-state index in [-0.39, 0.29) is 22.8 Å². The topological polar surface area (TPSA) is 94.2 Å². The SMILES string of the molecule is Cc1cc([N+](=O)[O-])cn(CC(=O)Nc2ccc(Cl)c(Cl)c2)c1=O. The van der Waals surface area contributed by atoms with E-state index in [0.29, 0.717) is 10.7 Å². The van der Waals surface area contributed by atoms with Crippen molar-refractivity contribution < 1.29 is 9.72 Å². The lowest BCUT2D eigenvalue weighted by Crippen LogP contribution is -2.28. The van der Waals surface area contributed by atoms with Crippen LogP contribution in [0, 0.1) is 17.0 Å². The summed E-state index contributed by atoms with van der Waals surface area (Å²) in [5.41, 5.74) is -0.148. The summed E-state index contributed by atoms with van der Waals surface area (Å²) in [4.78, 5) is 34.2. The molecule has 0 unspecified atom stereocenters. The number of amides is 1. The summed E-state index contributed by atoms with van der Waals surface area (Å²) in [7, 11) is 0. The van der Waals surface area contributed by atoms with Crippen molar-refractivity contribution >= 4 is 40.5 Å². The van der Waals surface area contributed by atoms with Crippen LogP contribution < -0.4 is 10.9 Å². The molecule has 1 heterocycles. The van der Waals surface area contributed by atoms with E-state index in [4.69, 9.17) is 23.2 Å². The van der Waals surface area contributed by atoms with E-state index < -0.39 is 16.4 Å². The van der Waals surface area contributed by atoms with Crippen molar-refractivity contribution in [3.63, 3.8) is 0 Å². The molecular weight excluding hydrogens is 345 g/mol. The molecule has 1 N–H and O–H groups in total. The largest absolute Gasteiger partial charge is 0.324 e. The third kappa shape index (κ3) is 4.08. The van der Waals surface area contributed by atoms with Crippen LogP contribution in [0.1, 0.15) is 5.56 Å². The molecule has 1 aromatic carbocycles. The maximum atomic E-state index is 12.0. The summed E-state index contributed by atoms with van der Waals surface area (Å²) in [5.74, 6) is -0.523. The van der Waals surface area contributed by atoms with Gasteiger partial charge in [0.15, 0.2) is 0 Å². The standard InChI is InChI=1S/C14H11Cl2N3O4/c1-8-4-10(19(22)23)6-18(14(8)21)7-13(20)17-9-2-3-11(15)12(16)5-9/h2-6H,7H2,1H3,(H,17,20). The van der Waals surface area contributed by atoms with Gasteiger partial charge in [0.2, 0.25) is 5.91 Å². The lowest BCUT2D eigenvalue weighted by Gasteiger charge is -2.09. The molecule has 120 valence electrons. The number of hydrogen-bond acceptors (Lipinski definition) is 4. The van der Waals surface area contributed by atoms with E-state index >= 15 is 0 Å². The van der Waals surface area contributed by atoms with Gasteiger partial charge in [0.05, 0.1) is 21.2 Å².